The Kier molecular flexibility index (Phi) is 4.04. The lowest BCUT2D eigenvalue weighted by atomic mass is 10.0. The fourth-order valence-corrected chi connectivity index (χ4v) is 1.99. The van der Waals surface area contributed by atoms with E-state index in [2.05, 4.69) is 30.3 Å². The van der Waals surface area contributed by atoms with Crippen molar-refractivity contribution in [2.24, 2.45) is 7.05 Å². The first-order valence-corrected chi connectivity index (χ1v) is 6.46. The highest BCUT2D eigenvalue weighted by atomic mass is 35.5. The topological polar surface area (TPSA) is 29.9 Å². The van der Waals surface area contributed by atoms with Gasteiger partial charge in [-0.15, -0.1) is 0 Å². The van der Waals surface area contributed by atoms with Crippen molar-refractivity contribution in [1.29, 1.82) is 0 Å². The third-order valence-corrected chi connectivity index (χ3v) is 3.00. The zero-order chi connectivity index (χ0) is 13.1. The van der Waals surface area contributed by atoms with Gasteiger partial charge in [0.1, 0.15) is 0 Å². The van der Waals surface area contributed by atoms with Crippen molar-refractivity contribution < 1.29 is 0 Å². The Bertz CT molecular complexity index is 532. The van der Waals surface area contributed by atoms with Crippen molar-refractivity contribution in [1.82, 2.24) is 15.1 Å². The summed E-state index contributed by atoms with van der Waals surface area (Å²) in [4.78, 5) is 0. The molecule has 0 aliphatic heterocycles. The van der Waals surface area contributed by atoms with E-state index in [1.54, 1.807) is 4.68 Å². The zero-order valence-corrected chi connectivity index (χ0v) is 11.7. The number of nitrogens with zero attached hydrogens (tertiary/aromatic N) is 2. The van der Waals surface area contributed by atoms with Gasteiger partial charge in [0, 0.05) is 36.4 Å². The molecular formula is C14H18ClN3. The van der Waals surface area contributed by atoms with Gasteiger partial charge in [0.05, 0.1) is 5.69 Å². The standard InChI is InChI=1S/C14H18ClN3/c1-10(2)16-9-11-4-5-12(15)8-13(11)14-6-7-18(3)17-14/h4-8,10,16H,9H2,1-3H3. The van der Waals surface area contributed by atoms with Crippen LogP contribution in [-0.4, -0.2) is 15.8 Å². The second kappa shape index (κ2) is 5.55. The second-order valence-corrected chi connectivity index (χ2v) is 5.15. The van der Waals surface area contributed by atoms with Gasteiger partial charge >= 0.3 is 0 Å². The van der Waals surface area contributed by atoms with Gasteiger partial charge in [-0.1, -0.05) is 31.5 Å². The van der Waals surface area contributed by atoms with Gasteiger partial charge < -0.3 is 5.32 Å². The number of hydrogen-bond acceptors (Lipinski definition) is 2. The summed E-state index contributed by atoms with van der Waals surface area (Å²) in [6, 6.07) is 8.41. The van der Waals surface area contributed by atoms with E-state index in [9.17, 15) is 0 Å². The van der Waals surface area contributed by atoms with Crippen LogP contribution < -0.4 is 5.32 Å². The van der Waals surface area contributed by atoms with Gasteiger partial charge in [-0.25, -0.2) is 0 Å². The molecule has 0 amide bonds. The molecule has 0 saturated heterocycles. The van der Waals surface area contributed by atoms with E-state index < -0.39 is 0 Å². The Morgan fingerprint density at radius 3 is 2.72 bits per heavy atom. The number of rotatable bonds is 4. The predicted octanol–water partition coefficient (Wildman–Crippen LogP) is 3.24. The number of aryl methyl sites for hydroxylation is 1. The highest BCUT2D eigenvalue weighted by molar-refractivity contribution is 6.30. The van der Waals surface area contributed by atoms with E-state index >= 15 is 0 Å². The first-order valence-electron chi connectivity index (χ1n) is 6.08. The lowest BCUT2D eigenvalue weighted by Crippen LogP contribution is -2.22. The average molecular weight is 264 g/mol. The van der Waals surface area contributed by atoms with Crippen LogP contribution in [0.25, 0.3) is 11.3 Å². The molecule has 0 aliphatic rings. The maximum atomic E-state index is 6.08. The summed E-state index contributed by atoms with van der Waals surface area (Å²) in [6.07, 6.45) is 1.94. The van der Waals surface area contributed by atoms with Crippen LogP contribution in [0.5, 0.6) is 0 Å². The minimum absolute atomic E-state index is 0.456. The number of benzene rings is 1. The quantitative estimate of drug-likeness (QED) is 0.918. The molecule has 2 rings (SSSR count). The summed E-state index contributed by atoms with van der Waals surface area (Å²) in [6.45, 7) is 5.09. The van der Waals surface area contributed by atoms with Gasteiger partial charge in [0.25, 0.3) is 0 Å². The maximum Gasteiger partial charge on any atom is 0.0926 e. The molecular weight excluding hydrogens is 246 g/mol. The molecule has 0 atom stereocenters. The Balaban J connectivity index is 2.34. The van der Waals surface area contributed by atoms with Crippen molar-refractivity contribution in [3.8, 4) is 11.3 Å². The lowest BCUT2D eigenvalue weighted by Gasteiger charge is -2.12. The van der Waals surface area contributed by atoms with Crippen LogP contribution in [0.3, 0.4) is 0 Å². The third-order valence-electron chi connectivity index (χ3n) is 2.76. The molecule has 0 unspecified atom stereocenters. The lowest BCUT2D eigenvalue weighted by molar-refractivity contribution is 0.589. The van der Waals surface area contributed by atoms with Crippen molar-refractivity contribution in [3.63, 3.8) is 0 Å². The van der Waals surface area contributed by atoms with Crippen LogP contribution in [0, 0.1) is 0 Å². The number of nitrogens with one attached hydrogen (secondary N) is 1. The summed E-state index contributed by atoms with van der Waals surface area (Å²) < 4.78 is 1.80. The summed E-state index contributed by atoms with van der Waals surface area (Å²) in [5, 5.41) is 8.60. The maximum absolute atomic E-state index is 6.08. The van der Waals surface area contributed by atoms with Gasteiger partial charge in [-0.3, -0.25) is 4.68 Å². The summed E-state index contributed by atoms with van der Waals surface area (Å²) in [7, 11) is 1.92. The Morgan fingerprint density at radius 1 is 1.33 bits per heavy atom. The van der Waals surface area contributed by atoms with E-state index in [0.29, 0.717) is 6.04 Å². The first-order chi connectivity index (χ1) is 8.56. The van der Waals surface area contributed by atoms with Crippen molar-refractivity contribution >= 4 is 11.6 Å². The van der Waals surface area contributed by atoms with Gasteiger partial charge in [-0.05, 0) is 23.8 Å². The summed E-state index contributed by atoms with van der Waals surface area (Å²) in [5.74, 6) is 0. The molecule has 0 fully saturated rings. The first kappa shape index (κ1) is 13.1. The largest absolute Gasteiger partial charge is 0.310 e. The molecule has 0 radical (unpaired) electrons. The Morgan fingerprint density at radius 2 is 2.11 bits per heavy atom. The fourth-order valence-electron chi connectivity index (χ4n) is 1.81. The van der Waals surface area contributed by atoms with E-state index in [1.165, 1.54) is 5.56 Å². The Labute approximate surface area is 113 Å². The van der Waals surface area contributed by atoms with Gasteiger partial charge in [0.2, 0.25) is 0 Å². The normalized spacial score (nSPS) is 11.2. The summed E-state index contributed by atoms with van der Waals surface area (Å²) >= 11 is 6.08. The fraction of sp³-hybridized carbons (Fsp3) is 0.357. The monoisotopic (exact) mass is 263 g/mol. The minimum atomic E-state index is 0.456. The zero-order valence-electron chi connectivity index (χ0n) is 10.9. The molecule has 2 aromatic rings. The molecule has 3 nitrogen and oxygen atoms in total. The molecule has 4 heteroatoms. The molecule has 0 spiro atoms. The highest BCUT2D eigenvalue weighted by Gasteiger charge is 2.09. The van der Waals surface area contributed by atoms with Crippen LogP contribution in [0.2, 0.25) is 5.02 Å². The van der Waals surface area contributed by atoms with Crippen molar-refractivity contribution in [3.05, 3.63) is 41.0 Å². The summed E-state index contributed by atoms with van der Waals surface area (Å²) in [5.41, 5.74) is 3.27. The molecule has 1 aromatic carbocycles. The predicted molar refractivity (Wildman–Crippen MR) is 75.6 cm³/mol. The van der Waals surface area contributed by atoms with Crippen LogP contribution in [0.4, 0.5) is 0 Å². The SMILES string of the molecule is CC(C)NCc1ccc(Cl)cc1-c1ccn(C)n1. The molecule has 96 valence electrons. The molecule has 0 bridgehead atoms. The van der Waals surface area contributed by atoms with Gasteiger partial charge in [0.15, 0.2) is 0 Å². The highest BCUT2D eigenvalue weighted by Crippen LogP contribution is 2.25. The number of hydrogen-bond donors (Lipinski definition) is 1. The number of aromatic nitrogens is 2. The van der Waals surface area contributed by atoms with E-state index in [-0.39, 0.29) is 0 Å². The van der Waals surface area contributed by atoms with E-state index in [1.807, 2.05) is 31.4 Å². The van der Waals surface area contributed by atoms with E-state index in [0.717, 1.165) is 22.8 Å². The van der Waals surface area contributed by atoms with Crippen molar-refractivity contribution in [2.75, 3.05) is 0 Å². The minimum Gasteiger partial charge on any atom is -0.310 e. The Hall–Kier alpha value is -1.32. The van der Waals surface area contributed by atoms with E-state index in [4.69, 9.17) is 11.6 Å². The van der Waals surface area contributed by atoms with Crippen LogP contribution in [0.15, 0.2) is 30.5 Å². The molecule has 0 aliphatic carbocycles. The molecule has 1 heterocycles. The average Bonchev–Trinajstić information content (AvgIpc) is 2.74. The number of halogens is 1. The van der Waals surface area contributed by atoms with Crippen molar-refractivity contribution in [2.45, 2.75) is 26.4 Å². The molecule has 1 N–H and O–H groups in total. The van der Waals surface area contributed by atoms with Crippen LogP contribution >= 0.6 is 11.6 Å². The molecule has 0 saturated carbocycles. The van der Waals surface area contributed by atoms with Gasteiger partial charge in [-0.2, -0.15) is 5.10 Å². The molecule has 18 heavy (non-hydrogen) atoms. The third kappa shape index (κ3) is 3.12. The molecule has 1 aromatic heterocycles. The van der Waals surface area contributed by atoms with Crippen LogP contribution in [0.1, 0.15) is 19.4 Å². The second-order valence-electron chi connectivity index (χ2n) is 4.71. The smallest absolute Gasteiger partial charge is 0.0926 e. The van der Waals surface area contributed by atoms with Crippen LogP contribution in [-0.2, 0) is 13.6 Å².